The SMILES string of the molecule is CC(C)=C1[C@H]2CC[C@@H]1[C@@H](C(=O)O)[C@@H]2C(=O)NC1CCN(C(C)C)CC1. The Balaban J connectivity index is 1.69. The third kappa shape index (κ3) is 3.35. The zero-order valence-corrected chi connectivity index (χ0v) is 15.9. The minimum Gasteiger partial charge on any atom is -0.481 e. The molecule has 140 valence electrons. The number of carbonyl (C=O) groups excluding carboxylic acids is 1. The van der Waals surface area contributed by atoms with Crippen LogP contribution in [0.1, 0.15) is 53.4 Å². The first kappa shape index (κ1) is 18.4. The highest BCUT2D eigenvalue weighted by Gasteiger charge is 2.57. The molecule has 3 rings (SSSR count). The summed E-state index contributed by atoms with van der Waals surface area (Å²) in [5, 5.41) is 12.9. The van der Waals surface area contributed by atoms with Crippen LogP contribution in [0.25, 0.3) is 0 Å². The maximum absolute atomic E-state index is 13.0. The summed E-state index contributed by atoms with van der Waals surface area (Å²) >= 11 is 0. The summed E-state index contributed by atoms with van der Waals surface area (Å²) in [6.07, 6.45) is 3.79. The maximum Gasteiger partial charge on any atom is 0.307 e. The topological polar surface area (TPSA) is 69.6 Å². The van der Waals surface area contributed by atoms with E-state index in [1.165, 1.54) is 11.1 Å². The number of fused-ring (bicyclic) bond motifs is 2. The summed E-state index contributed by atoms with van der Waals surface area (Å²) in [7, 11) is 0. The number of nitrogens with zero attached hydrogens (tertiary/aromatic N) is 1. The molecule has 2 saturated carbocycles. The van der Waals surface area contributed by atoms with Crippen molar-refractivity contribution in [3.8, 4) is 0 Å². The van der Waals surface area contributed by atoms with Gasteiger partial charge in [-0.05, 0) is 65.2 Å². The van der Waals surface area contributed by atoms with Crippen molar-refractivity contribution < 1.29 is 14.7 Å². The van der Waals surface area contributed by atoms with E-state index in [9.17, 15) is 14.7 Å². The minimum absolute atomic E-state index is 0.0265. The van der Waals surface area contributed by atoms with E-state index in [0.717, 1.165) is 38.8 Å². The third-order valence-electron chi connectivity index (χ3n) is 6.61. The Morgan fingerprint density at radius 1 is 1.04 bits per heavy atom. The first-order chi connectivity index (χ1) is 11.8. The van der Waals surface area contributed by atoms with E-state index >= 15 is 0 Å². The highest BCUT2D eigenvalue weighted by Crippen LogP contribution is 2.57. The van der Waals surface area contributed by atoms with Crippen LogP contribution in [0.4, 0.5) is 0 Å². The average Bonchev–Trinajstić information content (AvgIpc) is 3.11. The average molecular weight is 348 g/mol. The van der Waals surface area contributed by atoms with Crippen molar-refractivity contribution in [3.05, 3.63) is 11.1 Å². The monoisotopic (exact) mass is 348 g/mol. The van der Waals surface area contributed by atoms with Crippen molar-refractivity contribution in [1.82, 2.24) is 10.2 Å². The van der Waals surface area contributed by atoms with E-state index in [0.29, 0.717) is 6.04 Å². The van der Waals surface area contributed by atoms with E-state index in [1.807, 2.05) is 0 Å². The Morgan fingerprint density at radius 2 is 1.60 bits per heavy atom. The fourth-order valence-corrected chi connectivity index (χ4v) is 5.46. The van der Waals surface area contributed by atoms with Gasteiger partial charge >= 0.3 is 5.97 Å². The number of carbonyl (C=O) groups is 2. The van der Waals surface area contributed by atoms with Gasteiger partial charge in [0.1, 0.15) is 0 Å². The van der Waals surface area contributed by atoms with Crippen LogP contribution in [0.15, 0.2) is 11.1 Å². The van der Waals surface area contributed by atoms with Crippen LogP contribution in [0.5, 0.6) is 0 Å². The van der Waals surface area contributed by atoms with Crippen LogP contribution in [0, 0.1) is 23.7 Å². The Labute approximate surface area is 150 Å². The number of rotatable bonds is 4. The molecule has 0 aromatic rings. The number of hydrogen-bond donors (Lipinski definition) is 2. The molecule has 0 aromatic carbocycles. The van der Waals surface area contributed by atoms with Gasteiger partial charge in [-0.15, -0.1) is 0 Å². The largest absolute Gasteiger partial charge is 0.481 e. The summed E-state index contributed by atoms with van der Waals surface area (Å²) in [4.78, 5) is 27.3. The van der Waals surface area contributed by atoms with Gasteiger partial charge in [0.05, 0.1) is 11.8 Å². The molecule has 2 N–H and O–H groups in total. The van der Waals surface area contributed by atoms with Gasteiger partial charge in [0.15, 0.2) is 0 Å². The van der Waals surface area contributed by atoms with E-state index in [2.05, 4.69) is 37.9 Å². The summed E-state index contributed by atoms with van der Waals surface area (Å²) in [5.74, 6) is -1.57. The summed E-state index contributed by atoms with van der Waals surface area (Å²) in [6.45, 7) is 10.5. The number of allylic oxidation sites excluding steroid dienone is 2. The third-order valence-corrected chi connectivity index (χ3v) is 6.61. The normalized spacial score (nSPS) is 33.1. The smallest absolute Gasteiger partial charge is 0.307 e. The Morgan fingerprint density at radius 3 is 2.08 bits per heavy atom. The lowest BCUT2D eigenvalue weighted by Crippen LogP contribution is -2.50. The zero-order chi connectivity index (χ0) is 18.3. The Bertz CT molecular complexity index is 571. The number of piperidine rings is 1. The molecule has 0 spiro atoms. The van der Waals surface area contributed by atoms with Gasteiger partial charge in [-0.3, -0.25) is 9.59 Å². The van der Waals surface area contributed by atoms with Gasteiger partial charge in [0.2, 0.25) is 5.91 Å². The molecule has 1 amide bonds. The molecule has 1 saturated heterocycles. The number of amides is 1. The lowest BCUT2D eigenvalue weighted by molar-refractivity contribution is -0.149. The Kier molecular flexibility index (Phi) is 5.24. The number of carboxylic acid groups (broad SMARTS) is 1. The number of carboxylic acids is 1. The molecule has 0 unspecified atom stereocenters. The molecule has 1 aliphatic heterocycles. The lowest BCUT2D eigenvalue weighted by atomic mass is 9.78. The van der Waals surface area contributed by atoms with E-state index in [4.69, 9.17) is 0 Å². The molecular weight excluding hydrogens is 316 g/mol. The van der Waals surface area contributed by atoms with Crippen LogP contribution in [0.2, 0.25) is 0 Å². The van der Waals surface area contributed by atoms with E-state index < -0.39 is 11.9 Å². The molecule has 3 aliphatic rings. The fourth-order valence-electron chi connectivity index (χ4n) is 5.46. The van der Waals surface area contributed by atoms with E-state index in [1.54, 1.807) is 0 Å². The predicted molar refractivity (Wildman–Crippen MR) is 97.1 cm³/mol. The van der Waals surface area contributed by atoms with Gasteiger partial charge in [-0.2, -0.15) is 0 Å². The highest BCUT2D eigenvalue weighted by atomic mass is 16.4. The summed E-state index contributed by atoms with van der Waals surface area (Å²) in [5.41, 5.74) is 2.46. The molecule has 25 heavy (non-hydrogen) atoms. The van der Waals surface area contributed by atoms with Crippen molar-refractivity contribution in [2.45, 2.75) is 65.5 Å². The maximum atomic E-state index is 13.0. The predicted octanol–water partition coefficient (Wildman–Crippen LogP) is 2.67. The van der Waals surface area contributed by atoms with Crippen LogP contribution in [0.3, 0.4) is 0 Å². The van der Waals surface area contributed by atoms with Gasteiger partial charge < -0.3 is 15.3 Å². The van der Waals surface area contributed by atoms with Crippen LogP contribution >= 0.6 is 0 Å². The molecule has 5 nitrogen and oxygen atoms in total. The van der Waals surface area contributed by atoms with Crippen LogP contribution < -0.4 is 5.32 Å². The second-order valence-electron chi connectivity index (χ2n) is 8.55. The minimum atomic E-state index is -0.805. The van der Waals surface area contributed by atoms with E-state index in [-0.39, 0.29) is 29.7 Å². The Hall–Kier alpha value is -1.36. The fraction of sp³-hybridized carbons (Fsp3) is 0.800. The number of hydrogen-bond acceptors (Lipinski definition) is 3. The highest BCUT2D eigenvalue weighted by molar-refractivity contribution is 5.87. The first-order valence-electron chi connectivity index (χ1n) is 9.75. The zero-order valence-electron chi connectivity index (χ0n) is 15.9. The molecule has 3 fully saturated rings. The molecule has 0 aromatic heterocycles. The summed E-state index contributed by atoms with van der Waals surface area (Å²) < 4.78 is 0. The molecular formula is C20H32N2O3. The lowest BCUT2D eigenvalue weighted by Gasteiger charge is -2.36. The van der Waals surface area contributed by atoms with Crippen molar-refractivity contribution in [2.24, 2.45) is 23.7 Å². The second kappa shape index (κ2) is 7.10. The standard InChI is InChI=1S/C20H32N2O3/c1-11(2)16-14-5-6-15(16)18(20(24)25)17(14)19(23)21-13-7-9-22(10-8-13)12(3)4/h12-15,17-18H,5-10H2,1-4H3,(H,21,23)(H,24,25)/t14-,15+,17-,18-/m1/s1. The first-order valence-corrected chi connectivity index (χ1v) is 9.75. The molecule has 4 atom stereocenters. The van der Waals surface area contributed by atoms with Crippen molar-refractivity contribution >= 4 is 11.9 Å². The van der Waals surface area contributed by atoms with Crippen molar-refractivity contribution in [3.63, 3.8) is 0 Å². The number of nitrogens with one attached hydrogen (secondary N) is 1. The molecule has 2 aliphatic carbocycles. The molecule has 2 bridgehead atoms. The number of likely N-dealkylation sites (tertiary alicyclic amines) is 1. The van der Waals surface area contributed by atoms with Gasteiger partial charge in [0.25, 0.3) is 0 Å². The second-order valence-corrected chi connectivity index (χ2v) is 8.55. The van der Waals surface area contributed by atoms with Crippen molar-refractivity contribution in [2.75, 3.05) is 13.1 Å². The molecule has 1 heterocycles. The van der Waals surface area contributed by atoms with Crippen LogP contribution in [-0.2, 0) is 9.59 Å². The molecule has 5 heteroatoms. The van der Waals surface area contributed by atoms with Crippen molar-refractivity contribution in [1.29, 1.82) is 0 Å². The quantitative estimate of drug-likeness (QED) is 0.767. The van der Waals surface area contributed by atoms with Gasteiger partial charge in [-0.25, -0.2) is 0 Å². The van der Waals surface area contributed by atoms with Crippen LogP contribution in [-0.4, -0.2) is 47.1 Å². The summed E-state index contributed by atoms with van der Waals surface area (Å²) in [6, 6.07) is 0.727. The van der Waals surface area contributed by atoms with Gasteiger partial charge in [0, 0.05) is 25.2 Å². The number of aliphatic carboxylic acids is 1. The molecule has 0 radical (unpaired) electrons. The van der Waals surface area contributed by atoms with Gasteiger partial charge in [-0.1, -0.05) is 11.1 Å².